The second-order valence-electron chi connectivity index (χ2n) is 5.89. The van der Waals surface area contributed by atoms with Gasteiger partial charge in [-0.05, 0) is 19.9 Å². The molecule has 0 aliphatic carbocycles. The third-order valence-electron chi connectivity index (χ3n) is 4.15. The number of hydrogen-bond acceptors (Lipinski definition) is 6. The Balaban J connectivity index is 1.97. The Hall–Kier alpha value is -0.200. The van der Waals surface area contributed by atoms with Crippen LogP contribution in [0, 0.1) is 0 Å². The molecule has 2 rings (SSSR count). The third kappa shape index (κ3) is 4.39. The van der Waals surface area contributed by atoms with Gasteiger partial charge in [-0.15, -0.1) is 11.8 Å². The van der Waals surface area contributed by atoms with E-state index in [0.29, 0.717) is 21.8 Å². The molecule has 1 saturated heterocycles. The molecule has 0 amide bonds. The van der Waals surface area contributed by atoms with Crippen LogP contribution in [0.3, 0.4) is 0 Å². The highest BCUT2D eigenvalue weighted by Crippen LogP contribution is 2.43. The molecule has 1 aliphatic rings. The van der Waals surface area contributed by atoms with E-state index in [1.165, 1.54) is 0 Å². The molecular weight excluding hydrogens is 302 g/mol. The third-order valence-corrected chi connectivity index (χ3v) is 7.54. The van der Waals surface area contributed by atoms with Crippen molar-refractivity contribution in [1.82, 2.24) is 15.5 Å². The Bertz CT molecular complexity index is 440. The summed E-state index contributed by atoms with van der Waals surface area (Å²) in [4.78, 5) is 4.67. The lowest BCUT2D eigenvalue weighted by Gasteiger charge is -2.29. The van der Waals surface area contributed by atoms with E-state index in [2.05, 4.69) is 50.1 Å². The Kier molecular flexibility index (Phi) is 6.44. The summed E-state index contributed by atoms with van der Waals surface area (Å²) < 4.78 is 5.52. The molecule has 1 aromatic heterocycles. The molecule has 21 heavy (non-hydrogen) atoms. The average molecular weight is 330 g/mol. The highest BCUT2D eigenvalue weighted by molar-refractivity contribution is 8.07. The highest BCUT2D eigenvalue weighted by Gasteiger charge is 2.30. The van der Waals surface area contributed by atoms with Crippen molar-refractivity contribution in [1.29, 1.82) is 0 Å². The van der Waals surface area contributed by atoms with E-state index >= 15 is 0 Å². The molecule has 0 bridgehead atoms. The molecule has 0 aromatic carbocycles. The summed E-state index contributed by atoms with van der Waals surface area (Å²) >= 11 is 3.98. The van der Waals surface area contributed by atoms with Gasteiger partial charge < -0.3 is 9.84 Å². The molecule has 1 aliphatic heterocycles. The van der Waals surface area contributed by atoms with Gasteiger partial charge in [-0.3, -0.25) is 0 Å². The van der Waals surface area contributed by atoms with Crippen LogP contribution in [0.4, 0.5) is 0 Å². The quantitative estimate of drug-likeness (QED) is 0.855. The van der Waals surface area contributed by atoms with Crippen LogP contribution in [0.1, 0.15) is 63.9 Å². The van der Waals surface area contributed by atoms with E-state index in [9.17, 15) is 0 Å². The lowest BCUT2D eigenvalue weighted by molar-refractivity contribution is 0.328. The molecule has 5 unspecified atom stereocenters. The van der Waals surface area contributed by atoms with Crippen molar-refractivity contribution >= 4 is 23.5 Å². The molecule has 1 N–H and O–H groups in total. The van der Waals surface area contributed by atoms with E-state index in [1.54, 1.807) is 0 Å². The zero-order chi connectivity index (χ0) is 15.4. The van der Waals surface area contributed by atoms with Gasteiger partial charge >= 0.3 is 0 Å². The molecular formula is C15H27N3OS2. The van der Waals surface area contributed by atoms with Gasteiger partial charge in [0.2, 0.25) is 5.89 Å². The second kappa shape index (κ2) is 7.88. The van der Waals surface area contributed by atoms with Crippen molar-refractivity contribution < 1.29 is 4.52 Å². The first-order chi connectivity index (χ1) is 10.0. The van der Waals surface area contributed by atoms with Crippen molar-refractivity contribution in [2.75, 3.05) is 12.3 Å². The summed E-state index contributed by atoms with van der Waals surface area (Å²) in [6.07, 6.45) is 1.14. The van der Waals surface area contributed by atoms with Crippen molar-refractivity contribution in [3.63, 3.8) is 0 Å². The molecule has 5 atom stereocenters. The largest absolute Gasteiger partial charge is 0.339 e. The first kappa shape index (κ1) is 17.2. The Morgan fingerprint density at radius 1 is 1.33 bits per heavy atom. The highest BCUT2D eigenvalue weighted by atomic mass is 32.2. The first-order valence-corrected chi connectivity index (χ1v) is 9.86. The van der Waals surface area contributed by atoms with Crippen LogP contribution in [-0.4, -0.2) is 39.0 Å². The molecule has 120 valence electrons. The number of hydrogen-bond donors (Lipinski definition) is 1. The average Bonchev–Trinajstić information content (AvgIpc) is 2.96. The van der Waals surface area contributed by atoms with Crippen molar-refractivity contribution in [2.45, 2.75) is 68.7 Å². The monoisotopic (exact) mass is 329 g/mol. The molecule has 1 aromatic rings. The van der Waals surface area contributed by atoms with Crippen LogP contribution < -0.4 is 5.32 Å². The molecule has 0 saturated carbocycles. The maximum atomic E-state index is 5.52. The minimum Gasteiger partial charge on any atom is -0.339 e. The second-order valence-corrected chi connectivity index (χ2v) is 8.89. The number of rotatable bonds is 6. The SMILES string of the molecule is CCCNC(C)C(C)c1nc(C2CSC(C)C(C)S2)no1. The van der Waals surface area contributed by atoms with Gasteiger partial charge in [0.1, 0.15) is 0 Å². The molecule has 2 heterocycles. The van der Waals surface area contributed by atoms with Crippen LogP contribution in [0.25, 0.3) is 0 Å². The number of thioether (sulfide) groups is 2. The predicted molar refractivity (Wildman–Crippen MR) is 92.2 cm³/mol. The van der Waals surface area contributed by atoms with E-state index < -0.39 is 0 Å². The molecule has 6 heteroatoms. The molecule has 0 radical (unpaired) electrons. The zero-order valence-corrected chi connectivity index (χ0v) is 15.3. The smallest absolute Gasteiger partial charge is 0.231 e. The Morgan fingerprint density at radius 3 is 2.76 bits per heavy atom. The summed E-state index contributed by atoms with van der Waals surface area (Å²) in [5, 5.41) is 9.44. The summed E-state index contributed by atoms with van der Waals surface area (Å²) in [5.41, 5.74) is 0. The normalized spacial score (nSPS) is 29.3. The van der Waals surface area contributed by atoms with Crippen molar-refractivity contribution in [3.8, 4) is 0 Å². The summed E-state index contributed by atoms with van der Waals surface area (Å²) in [7, 11) is 0. The maximum absolute atomic E-state index is 5.52. The van der Waals surface area contributed by atoms with Crippen LogP contribution >= 0.6 is 23.5 Å². The number of nitrogens with one attached hydrogen (secondary N) is 1. The van der Waals surface area contributed by atoms with Crippen LogP contribution in [-0.2, 0) is 0 Å². The van der Waals surface area contributed by atoms with Gasteiger partial charge in [0.15, 0.2) is 5.82 Å². The van der Waals surface area contributed by atoms with Gasteiger partial charge in [-0.2, -0.15) is 16.7 Å². The molecule has 0 spiro atoms. The zero-order valence-electron chi connectivity index (χ0n) is 13.6. The predicted octanol–water partition coefficient (Wildman–Crippen LogP) is 3.86. The fraction of sp³-hybridized carbons (Fsp3) is 0.867. The van der Waals surface area contributed by atoms with Gasteiger partial charge in [0.05, 0.1) is 11.2 Å². The van der Waals surface area contributed by atoms with Crippen molar-refractivity contribution in [2.24, 2.45) is 0 Å². The number of nitrogens with zero attached hydrogens (tertiary/aromatic N) is 2. The lowest BCUT2D eigenvalue weighted by atomic mass is 10.0. The van der Waals surface area contributed by atoms with Gasteiger partial charge in [-0.25, -0.2) is 0 Å². The lowest BCUT2D eigenvalue weighted by Crippen LogP contribution is -2.31. The summed E-state index contributed by atoms with van der Waals surface area (Å²) in [6, 6.07) is 0.352. The van der Waals surface area contributed by atoms with Crippen LogP contribution in [0.15, 0.2) is 4.52 Å². The van der Waals surface area contributed by atoms with Gasteiger partial charge in [0.25, 0.3) is 0 Å². The van der Waals surface area contributed by atoms with E-state index in [0.717, 1.165) is 30.4 Å². The fourth-order valence-corrected chi connectivity index (χ4v) is 5.08. The molecule has 4 nitrogen and oxygen atoms in total. The Morgan fingerprint density at radius 2 is 2.10 bits per heavy atom. The van der Waals surface area contributed by atoms with E-state index in [-0.39, 0.29) is 5.92 Å². The van der Waals surface area contributed by atoms with Gasteiger partial charge in [-0.1, -0.05) is 32.9 Å². The van der Waals surface area contributed by atoms with Crippen LogP contribution in [0.5, 0.6) is 0 Å². The van der Waals surface area contributed by atoms with E-state index in [4.69, 9.17) is 4.52 Å². The summed E-state index contributed by atoms with van der Waals surface area (Å²) in [6.45, 7) is 12.1. The summed E-state index contributed by atoms with van der Waals surface area (Å²) in [5.74, 6) is 2.96. The van der Waals surface area contributed by atoms with E-state index in [1.807, 2.05) is 23.5 Å². The fourth-order valence-electron chi connectivity index (χ4n) is 2.24. The topological polar surface area (TPSA) is 51.0 Å². The minimum atomic E-state index is 0.246. The maximum Gasteiger partial charge on any atom is 0.231 e. The Labute approximate surface area is 136 Å². The minimum absolute atomic E-state index is 0.246. The standard InChI is InChI=1S/C15H27N3OS2/c1-6-7-16-10(3)9(2)15-17-14(18-19-15)13-8-20-11(4)12(5)21-13/h9-13,16H,6-8H2,1-5H3. The number of aromatic nitrogens is 2. The van der Waals surface area contributed by atoms with Crippen LogP contribution in [0.2, 0.25) is 0 Å². The molecule has 1 fully saturated rings. The first-order valence-electron chi connectivity index (χ1n) is 7.86. The van der Waals surface area contributed by atoms with Gasteiger partial charge in [0, 0.05) is 22.3 Å². The van der Waals surface area contributed by atoms with Crippen molar-refractivity contribution in [3.05, 3.63) is 11.7 Å².